The molecule has 0 saturated carbocycles. The van der Waals surface area contributed by atoms with Gasteiger partial charge in [-0.3, -0.25) is 14.4 Å². The van der Waals surface area contributed by atoms with Gasteiger partial charge in [0, 0.05) is 23.9 Å². The first-order valence-electron chi connectivity index (χ1n) is 9.96. The maximum Gasteiger partial charge on any atom is 0.276 e. The first-order valence-corrected chi connectivity index (χ1v) is 11.0. The van der Waals surface area contributed by atoms with Crippen LogP contribution in [0.15, 0.2) is 72.8 Å². The summed E-state index contributed by atoms with van der Waals surface area (Å²) in [6, 6.07) is 19.1. The maximum atomic E-state index is 13.8. The molecule has 3 aromatic rings. The van der Waals surface area contributed by atoms with Crippen LogP contribution < -0.4 is 5.48 Å². The van der Waals surface area contributed by atoms with Gasteiger partial charge < -0.3 is 4.90 Å². The van der Waals surface area contributed by atoms with Gasteiger partial charge >= 0.3 is 0 Å². The van der Waals surface area contributed by atoms with Crippen molar-refractivity contribution in [2.24, 2.45) is 0 Å². The van der Waals surface area contributed by atoms with Gasteiger partial charge in [-0.25, -0.2) is 14.3 Å². The minimum atomic E-state index is -0.768. The highest BCUT2D eigenvalue weighted by Crippen LogP contribution is 2.30. The fourth-order valence-electron chi connectivity index (χ4n) is 3.50. The van der Waals surface area contributed by atoms with E-state index in [0.29, 0.717) is 17.9 Å². The molecule has 8 heteroatoms. The second kappa shape index (κ2) is 9.93. The summed E-state index contributed by atoms with van der Waals surface area (Å²) >= 11 is 1.33. The Kier molecular flexibility index (Phi) is 6.82. The summed E-state index contributed by atoms with van der Waals surface area (Å²) < 4.78 is 27.5. The van der Waals surface area contributed by atoms with Gasteiger partial charge in [0.15, 0.2) is 5.37 Å². The highest BCUT2D eigenvalue weighted by atomic mass is 32.2. The van der Waals surface area contributed by atoms with Crippen molar-refractivity contribution in [1.29, 1.82) is 0 Å². The molecule has 1 saturated heterocycles. The minimum absolute atomic E-state index is 0.200. The first-order chi connectivity index (χ1) is 15.5. The van der Waals surface area contributed by atoms with Gasteiger partial charge in [0.25, 0.3) is 11.8 Å². The van der Waals surface area contributed by atoms with Crippen molar-refractivity contribution in [3.63, 3.8) is 0 Å². The Balaban J connectivity index is 1.50. The van der Waals surface area contributed by atoms with E-state index in [-0.39, 0.29) is 17.7 Å². The molecule has 1 atom stereocenters. The van der Waals surface area contributed by atoms with E-state index in [1.807, 2.05) is 30.3 Å². The third kappa shape index (κ3) is 4.98. The number of nitrogens with zero attached hydrogens (tertiary/aromatic N) is 1. The van der Waals surface area contributed by atoms with Crippen LogP contribution in [0, 0.1) is 11.6 Å². The van der Waals surface area contributed by atoms with Crippen molar-refractivity contribution in [1.82, 2.24) is 10.4 Å². The molecule has 5 nitrogen and oxygen atoms in total. The number of carbonyl (C=O) groups is 2. The van der Waals surface area contributed by atoms with E-state index in [1.54, 1.807) is 24.3 Å². The summed E-state index contributed by atoms with van der Waals surface area (Å²) in [4.78, 5) is 32.8. The Morgan fingerprint density at radius 3 is 2.44 bits per heavy atom. The highest BCUT2D eigenvalue weighted by Gasteiger charge is 2.36. The van der Waals surface area contributed by atoms with E-state index in [4.69, 9.17) is 4.84 Å². The van der Waals surface area contributed by atoms with E-state index < -0.39 is 28.8 Å². The van der Waals surface area contributed by atoms with Crippen LogP contribution in [0.4, 0.5) is 8.78 Å². The lowest BCUT2D eigenvalue weighted by Gasteiger charge is -2.24. The number of carbonyl (C=O) groups excluding carboxylic acids is 2. The second-order valence-electron chi connectivity index (χ2n) is 7.17. The molecule has 164 valence electrons. The number of hydroxylamine groups is 1. The standard InChI is InChI=1S/C24H20F2N2O3S/c25-18-12-17(13-19(26)14-18)20-8-4-5-9-21(20)23(30)28-10-11-32-24(28)22(29)27-31-15-16-6-2-1-3-7-16/h1-9,12-14,24H,10-11,15H2,(H,27,29)/t24-/m0/s1. The third-order valence-electron chi connectivity index (χ3n) is 4.96. The summed E-state index contributed by atoms with van der Waals surface area (Å²) in [6.45, 7) is 0.567. The number of thioether (sulfide) groups is 1. The predicted octanol–water partition coefficient (Wildman–Crippen LogP) is 4.39. The Hall–Kier alpha value is -3.23. The molecule has 0 radical (unpaired) electrons. The lowest BCUT2D eigenvalue weighted by atomic mass is 9.98. The molecule has 1 aliphatic heterocycles. The van der Waals surface area contributed by atoms with Crippen LogP contribution in [-0.4, -0.2) is 34.4 Å². The van der Waals surface area contributed by atoms with Gasteiger partial charge in [-0.1, -0.05) is 48.5 Å². The summed E-state index contributed by atoms with van der Waals surface area (Å²) in [6.07, 6.45) is 0. The van der Waals surface area contributed by atoms with Crippen molar-refractivity contribution < 1.29 is 23.2 Å². The van der Waals surface area contributed by atoms with E-state index >= 15 is 0 Å². The number of rotatable bonds is 6. The zero-order valence-corrected chi connectivity index (χ0v) is 17.8. The van der Waals surface area contributed by atoms with Crippen LogP contribution in [0.5, 0.6) is 0 Å². The van der Waals surface area contributed by atoms with E-state index in [0.717, 1.165) is 11.6 Å². The van der Waals surface area contributed by atoms with Crippen molar-refractivity contribution >= 4 is 23.6 Å². The molecule has 0 unspecified atom stereocenters. The number of amides is 2. The average molecular weight is 454 g/mol. The highest BCUT2D eigenvalue weighted by molar-refractivity contribution is 8.00. The zero-order chi connectivity index (χ0) is 22.5. The van der Waals surface area contributed by atoms with Crippen LogP contribution in [0.25, 0.3) is 11.1 Å². The van der Waals surface area contributed by atoms with E-state index in [9.17, 15) is 18.4 Å². The van der Waals surface area contributed by atoms with Crippen molar-refractivity contribution in [2.45, 2.75) is 12.0 Å². The fourth-order valence-corrected chi connectivity index (χ4v) is 4.60. The Morgan fingerprint density at radius 2 is 1.69 bits per heavy atom. The summed E-state index contributed by atoms with van der Waals surface area (Å²) in [7, 11) is 0. The molecule has 32 heavy (non-hydrogen) atoms. The lowest BCUT2D eigenvalue weighted by molar-refractivity contribution is -0.136. The molecular weight excluding hydrogens is 434 g/mol. The minimum Gasteiger partial charge on any atom is -0.317 e. The van der Waals surface area contributed by atoms with Gasteiger partial charge in [0.2, 0.25) is 0 Å². The number of hydrogen-bond donors (Lipinski definition) is 1. The number of benzene rings is 3. The van der Waals surface area contributed by atoms with Crippen LogP contribution in [0.1, 0.15) is 15.9 Å². The van der Waals surface area contributed by atoms with E-state index in [1.165, 1.54) is 28.8 Å². The number of hydrogen-bond acceptors (Lipinski definition) is 4. The van der Waals surface area contributed by atoms with Crippen molar-refractivity contribution in [3.8, 4) is 11.1 Å². The van der Waals surface area contributed by atoms with Crippen molar-refractivity contribution in [3.05, 3.63) is 95.6 Å². The summed E-state index contributed by atoms with van der Waals surface area (Å²) in [5.74, 6) is -1.71. The molecule has 0 bridgehead atoms. The van der Waals surface area contributed by atoms with Gasteiger partial charge in [-0.15, -0.1) is 11.8 Å². The lowest BCUT2D eigenvalue weighted by Crippen LogP contribution is -2.44. The first kappa shape index (κ1) is 22.0. The Morgan fingerprint density at radius 1 is 1.00 bits per heavy atom. The zero-order valence-electron chi connectivity index (χ0n) is 17.0. The second-order valence-corrected chi connectivity index (χ2v) is 8.35. The van der Waals surface area contributed by atoms with Crippen LogP contribution >= 0.6 is 11.8 Å². The van der Waals surface area contributed by atoms with Gasteiger partial charge in [0.1, 0.15) is 11.6 Å². The van der Waals surface area contributed by atoms with E-state index in [2.05, 4.69) is 5.48 Å². The van der Waals surface area contributed by atoms with Crippen LogP contribution in [0.3, 0.4) is 0 Å². The van der Waals surface area contributed by atoms with Crippen LogP contribution in [-0.2, 0) is 16.2 Å². The predicted molar refractivity (Wildman–Crippen MR) is 118 cm³/mol. The topological polar surface area (TPSA) is 58.6 Å². The monoisotopic (exact) mass is 454 g/mol. The SMILES string of the molecule is O=C(NOCc1ccccc1)[C@@H]1SCCN1C(=O)c1ccccc1-c1cc(F)cc(F)c1. The average Bonchev–Trinajstić information content (AvgIpc) is 3.29. The molecule has 0 aromatic heterocycles. The Bertz CT molecular complexity index is 1110. The molecule has 1 fully saturated rings. The molecule has 0 aliphatic carbocycles. The largest absolute Gasteiger partial charge is 0.317 e. The maximum absolute atomic E-state index is 13.8. The van der Waals surface area contributed by atoms with Gasteiger partial charge in [0.05, 0.1) is 6.61 Å². The third-order valence-corrected chi connectivity index (χ3v) is 6.16. The molecule has 0 spiro atoms. The number of halogens is 2. The Labute approximate surface area is 188 Å². The van der Waals surface area contributed by atoms with Gasteiger partial charge in [-0.05, 0) is 34.9 Å². The van der Waals surface area contributed by atoms with Gasteiger partial charge in [-0.2, -0.15) is 0 Å². The number of nitrogens with one attached hydrogen (secondary N) is 1. The van der Waals surface area contributed by atoms with Crippen molar-refractivity contribution in [2.75, 3.05) is 12.3 Å². The fraction of sp³-hybridized carbons (Fsp3) is 0.167. The molecule has 1 N–H and O–H groups in total. The quantitative estimate of drug-likeness (QED) is 0.561. The van der Waals surface area contributed by atoms with Crippen LogP contribution in [0.2, 0.25) is 0 Å². The molecule has 4 rings (SSSR count). The molecular formula is C24H20F2N2O3S. The molecule has 1 heterocycles. The summed E-state index contributed by atoms with van der Waals surface area (Å²) in [5.41, 5.74) is 4.23. The smallest absolute Gasteiger partial charge is 0.276 e. The molecule has 1 aliphatic rings. The summed E-state index contributed by atoms with van der Waals surface area (Å²) in [5, 5.41) is -0.768. The molecule has 3 aromatic carbocycles. The molecule has 2 amide bonds. The normalized spacial score (nSPS) is 15.6.